The highest BCUT2D eigenvalue weighted by molar-refractivity contribution is 7.92. The van der Waals surface area contributed by atoms with E-state index in [2.05, 4.69) is 10.0 Å². The molecule has 0 fully saturated rings. The summed E-state index contributed by atoms with van der Waals surface area (Å²) in [6.45, 7) is 3.50. The number of amides is 1. The molecule has 0 saturated carbocycles. The first kappa shape index (κ1) is 20.8. The smallest absolute Gasteiger partial charge is 0.262 e. The first-order valence-corrected chi connectivity index (χ1v) is 10.5. The largest absolute Gasteiger partial charge is 0.322 e. The van der Waals surface area contributed by atoms with Gasteiger partial charge in [-0.1, -0.05) is 35.9 Å². The standard InChI is InChI=1S/C21H18ClFN2O3S/c1-13-5-3-6-16(11-13)25-29(27,28)19-12-15(10-9-14(19)2)24-21(26)20-17(22)7-4-8-18(20)23/h3-12,25H,1-2H3,(H,24,26). The minimum Gasteiger partial charge on any atom is -0.322 e. The minimum atomic E-state index is -3.90. The molecular weight excluding hydrogens is 415 g/mol. The number of benzene rings is 3. The molecule has 29 heavy (non-hydrogen) atoms. The molecule has 0 aliphatic carbocycles. The van der Waals surface area contributed by atoms with Gasteiger partial charge in [-0.2, -0.15) is 0 Å². The van der Waals surface area contributed by atoms with E-state index in [0.29, 0.717) is 11.3 Å². The fourth-order valence-corrected chi connectivity index (χ4v) is 4.36. The van der Waals surface area contributed by atoms with Crippen LogP contribution in [-0.2, 0) is 10.0 Å². The molecular formula is C21H18ClFN2O3S. The van der Waals surface area contributed by atoms with Crippen LogP contribution in [0.3, 0.4) is 0 Å². The Hall–Kier alpha value is -2.90. The maximum Gasteiger partial charge on any atom is 0.262 e. The summed E-state index contributed by atoms with van der Waals surface area (Å²) in [4.78, 5) is 12.4. The normalized spacial score (nSPS) is 11.2. The van der Waals surface area contributed by atoms with Gasteiger partial charge in [0.1, 0.15) is 5.82 Å². The molecule has 8 heteroatoms. The zero-order valence-electron chi connectivity index (χ0n) is 15.7. The first-order valence-electron chi connectivity index (χ1n) is 8.63. The molecule has 3 aromatic rings. The lowest BCUT2D eigenvalue weighted by atomic mass is 10.1. The van der Waals surface area contributed by atoms with E-state index >= 15 is 0 Å². The highest BCUT2D eigenvalue weighted by Crippen LogP contribution is 2.25. The van der Waals surface area contributed by atoms with E-state index in [9.17, 15) is 17.6 Å². The molecule has 0 saturated heterocycles. The van der Waals surface area contributed by atoms with Crippen molar-refractivity contribution in [3.63, 3.8) is 0 Å². The molecule has 0 spiro atoms. The number of anilines is 2. The summed E-state index contributed by atoms with van der Waals surface area (Å²) in [5, 5.41) is 2.46. The lowest BCUT2D eigenvalue weighted by Crippen LogP contribution is -2.17. The van der Waals surface area contributed by atoms with E-state index in [1.807, 2.05) is 13.0 Å². The van der Waals surface area contributed by atoms with Crippen molar-refractivity contribution >= 4 is 38.9 Å². The van der Waals surface area contributed by atoms with Crippen LogP contribution >= 0.6 is 11.6 Å². The van der Waals surface area contributed by atoms with Crippen LogP contribution in [0, 0.1) is 19.7 Å². The Labute approximate surface area is 173 Å². The van der Waals surface area contributed by atoms with Crippen molar-refractivity contribution in [3.8, 4) is 0 Å². The molecule has 2 N–H and O–H groups in total. The number of carbonyl (C=O) groups excluding carboxylic acids is 1. The Kier molecular flexibility index (Phi) is 5.91. The molecule has 5 nitrogen and oxygen atoms in total. The van der Waals surface area contributed by atoms with Gasteiger partial charge in [-0.15, -0.1) is 0 Å². The number of carbonyl (C=O) groups is 1. The van der Waals surface area contributed by atoms with Crippen LogP contribution in [0.2, 0.25) is 5.02 Å². The predicted molar refractivity (Wildman–Crippen MR) is 113 cm³/mol. The van der Waals surface area contributed by atoms with Gasteiger partial charge in [0.05, 0.1) is 15.5 Å². The summed E-state index contributed by atoms with van der Waals surface area (Å²) < 4.78 is 42.2. The van der Waals surface area contributed by atoms with Gasteiger partial charge in [-0.3, -0.25) is 9.52 Å². The molecule has 0 aliphatic heterocycles. The third-order valence-electron chi connectivity index (χ3n) is 4.20. The average Bonchev–Trinajstić information content (AvgIpc) is 2.62. The molecule has 1 amide bonds. The van der Waals surface area contributed by atoms with Gasteiger partial charge in [0.2, 0.25) is 0 Å². The number of aryl methyl sites for hydroxylation is 2. The highest BCUT2D eigenvalue weighted by Gasteiger charge is 2.20. The fraction of sp³-hybridized carbons (Fsp3) is 0.0952. The molecule has 0 heterocycles. The number of nitrogens with one attached hydrogen (secondary N) is 2. The zero-order chi connectivity index (χ0) is 21.2. The van der Waals surface area contributed by atoms with Crippen LogP contribution in [0.1, 0.15) is 21.5 Å². The summed E-state index contributed by atoms with van der Waals surface area (Å²) in [5.74, 6) is -1.54. The van der Waals surface area contributed by atoms with Crippen LogP contribution < -0.4 is 10.0 Å². The van der Waals surface area contributed by atoms with Gasteiger partial charge in [0.15, 0.2) is 0 Å². The maximum absolute atomic E-state index is 14.0. The zero-order valence-corrected chi connectivity index (χ0v) is 17.2. The van der Waals surface area contributed by atoms with E-state index < -0.39 is 21.7 Å². The molecule has 0 aromatic heterocycles. The van der Waals surface area contributed by atoms with Crippen molar-refractivity contribution in [3.05, 3.63) is 88.2 Å². The van der Waals surface area contributed by atoms with Crippen LogP contribution in [0.25, 0.3) is 0 Å². The van der Waals surface area contributed by atoms with Crippen LogP contribution in [0.5, 0.6) is 0 Å². The Bertz CT molecular complexity index is 1180. The molecule has 150 valence electrons. The second-order valence-electron chi connectivity index (χ2n) is 6.51. The van der Waals surface area contributed by atoms with Gasteiger partial charge < -0.3 is 5.32 Å². The number of hydrogen-bond acceptors (Lipinski definition) is 3. The van der Waals surface area contributed by atoms with E-state index in [0.717, 1.165) is 11.6 Å². The molecule has 0 radical (unpaired) electrons. The second-order valence-corrected chi connectivity index (χ2v) is 8.56. The van der Waals surface area contributed by atoms with Gasteiger partial charge in [0, 0.05) is 11.4 Å². The monoisotopic (exact) mass is 432 g/mol. The topological polar surface area (TPSA) is 75.3 Å². The molecule has 0 bridgehead atoms. The van der Waals surface area contributed by atoms with E-state index in [4.69, 9.17) is 11.6 Å². The van der Waals surface area contributed by atoms with Crippen molar-refractivity contribution in [2.75, 3.05) is 10.0 Å². The number of hydrogen-bond donors (Lipinski definition) is 2. The Morgan fingerprint density at radius 3 is 2.38 bits per heavy atom. The number of halogens is 2. The molecule has 0 aliphatic rings. The van der Waals surface area contributed by atoms with Gasteiger partial charge in [-0.05, 0) is 61.4 Å². The van der Waals surface area contributed by atoms with Gasteiger partial charge in [0.25, 0.3) is 15.9 Å². The maximum atomic E-state index is 14.0. The SMILES string of the molecule is Cc1cccc(NS(=O)(=O)c2cc(NC(=O)c3c(F)cccc3Cl)ccc2C)c1. The fourth-order valence-electron chi connectivity index (χ4n) is 2.79. The minimum absolute atomic E-state index is 0.00330. The highest BCUT2D eigenvalue weighted by atomic mass is 35.5. The first-order chi connectivity index (χ1) is 13.7. The van der Waals surface area contributed by atoms with Gasteiger partial charge >= 0.3 is 0 Å². The molecule has 0 atom stereocenters. The lowest BCUT2D eigenvalue weighted by Gasteiger charge is -2.13. The second kappa shape index (κ2) is 8.23. The summed E-state index contributed by atoms with van der Waals surface area (Å²) in [5.41, 5.74) is 1.72. The average molecular weight is 433 g/mol. The van der Waals surface area contributed by atoms with Crippen LogP contribution in [0.4, 0.5) is 15.8 Å². The van der Waals surface area contributed by atoms with E-state index in [-0.39, 0.29) is 21.2 Å². The predicted octanol–water partition coefficient (Wildman–Crippen LogP) is 5.15. The van der Waals surface area contributed by atoms with Crippen molar-refractivity contribution < 1.29 is 17.6 Å². The van der Waals surface area contributed by atoms with E-state index in [1.54, 1.807) is 31.2 Å². The number of rotatable bonds is 5. The van der Waals surface area contributed by atoms with Crippen molar-refractivity contribution in [2.24, 2.45) is 0 Å². The van der Waals surface area contributed by atoms with Crippen LogP contribution in [0.15, 0.2) is 65.6 Å². The Balaban J connectivity index is 1.91. The van der Waals surface area contributed by atoms with Crippen molar-refractivity contribution in [1.29, 1.82) is 0 Å². The Morgan fingerprint density at radius 1 is 0.966 bits per heavy atom. The quantitative estimate of drug-likeness (QED) is 0.585. The summed E-state index contributed by atoms with van der Waals surface area (Å²) in [6.07, 6.45) is 0. The van der Waals surface area contributed by atoms with E-state index in [1.165, 1.54) is 24.3 Å². The van der Waals surface area contributed by atoms with Gasteiger partial charge in [-0.25, -0.2) is 12.8 Å². The van der Waals surface area contributed by atoms with Crippen molar-refractivity contribution in [2.45, 2.75) is 18.7 Å². The number of sulfonamides is 1. The molecule has 0 unspecified atom stereocenters. The molecule has 3 rings (SSSR count). The summed E-state index contributed by atoms with van der Waals surface area (Å²) >= 11 is 5.92. The third-order valence-corrected chi connectivity index (χ3v) is 6.03. The third kappa shape index (κ3) is 4.75. The Morgan fingerprint density at radius 2 is 1.69 bits per heavy atom. The molecule has 3 aromatic carbocycles. The van der Waals surface area contributed by atoms with Crippen molar-refractivity contribution in [1.82, 2.24) is 0 Å². The summed E-state index contributed by atoms with van der Waals surface area (Å²) in [6, 6.07) is 15.3. The lowest BCUT2D eigenvalue weighted by molar-refractivity contribution is 0.102. The summed E-state index contributed by atoms with van der Waals surface area (Å²) in [7, 11) is -3.90. The van der Waals surface area contributed by atoms with Crippen LogP contribution in [-0.4, -0.2) is 14.3 Å².